The fourth-order valence-corrected chi connectivity index (χ4v) is 3.44. The number of rotatable bonds is 7. The first-order valence-electron chi connectivity index (χ1n) is 8.55. The molecular formula is C19H22N4O2S. The number of thioether (sulfide) groups is 1. The number of nitrogens with zero attached hydrogens (tertiary/aromatic N) is 2. The fourth-order valence-electron chi connectivity index (χ4n) is 2.67. The van der Waals surface area contributed by atoms with Crippen LogP contribution in [0.25, 0.3) is 0 Å². The number of benzene rings is 1. The van der Waals surface area contributed by atoms with Crippen molar-refractivity contribution in [2.45, 2.75) is 12.3 Å². The van der Waals surface area contributed by atoms with Gasteiger partial charge >= 0.3 is 0 Å². The van der Waals surface area contributed by atoms with Crippen LogP contribution in [0.15, 0.2) is 48.7 Å². The van der Waals surface area contributed by atoms with E-state index in [1.165, 1.54) is 0 Å². The van der Waals surface area contributed by atoms with Crippen LogP contribution in [0, 0.1) is 0 Å². The lowest BCUT2D eigenvalue weighted by atomic mass is 10.2. The minimum absolute atomic E-state index is 0.0164. The Hall–Kier alpha value is -2.54. The number of carbonyl (C=O) groups is 2. The van der Waals surface area contributed by atoms with Crippen LogP contribution >= 0.6 is 11.8 Å². The second-order valence-electron chi connectivity index (χ2n) is 6.03. The fraction of sp³-hybridized carbons (Fsp3) is 0.316. The van der Waals surface area contributed by atoms with E-state index < -0.39 is 0 Å². The summed E-state index contributed by atoms with van der Waals surface area (Å²) in [5.41, 5.74) is 3.05. The Morgan fingerprint density at radius 2 is 2.08 bits per heavy atom. The highest BCUT2D eigenvalue weighted by atomic mass is 32.2. The molecule has 2 N–H and O–H groups in total. The van der Waals surface area contributed by atoms with Gasteiger partial charge in [-0.3, -0.25) is 14.6 Å². The molecule has 2 aromatic rings. The second-order valence-corrected chi connectivity index (χ2v) is 7.01. The van der Waals surface area contributed by atoms with Gasteiger partial charge < -0.3 is 15.5 Å². The number of nitrogens with one attached hydrogen (secondary N) is 2. The van der Waals surface area contributed by atoms with Gasteiger partial charge in [-0.15, -0.1) is 11.8 Å². The van der Waals surface area contributed by atoms with Gasteiger partial charge in [0.05, 0.1) is 18.0 Å². The van der Waals surface area contributed by atoms with Crippen LogP contribution in [0.1, 0.15) is 11.3 Å². The van der Waals surface area contributed by atoms with Gasteiger partial charge in [-0.05, 0) is 29.8 Å². The number of hydrogen-bond donors (Lipinski definition) is 2. The van der Waals surface area contributed by atoms with Crippen molar-refractivity contribution in [2.24, 2.45) is 0 Å². The van der Waals surface area contributed by atoms with E-state index in [1.807, 2.05) is 42.5 Å². The molecule has 1 saturated heterocycles. The Morgan fingerprint density at radius 3 is 2.81 bits per heavy atom. The molecular weight excluding hydrogens is 348 g/mol. The third-order valence-corrected chi connectivity index (χ3v) is 5.00. The molecule has 3 rings (SSSR count). The number of hydrogen-bond acceptors (Lipinski definition) is 5. The highest BCUT2D eigenvalue weighted by molar-refractivity contribution is 7.99. The van der Waals surface area contributed by atoms with Crippen molar-refractivity contribution in [1.29, 1.82) is 0 Å². The number of pyridine rings is 1. The second kappa shape index (κ2) is 9.24. The summed E-state index contributed by atoms with van der Waals surface area (Å²) in [4.78, 5) is 29.7. The van der Waals surface area contributed by atoms with E-state index in [4.69, 9.17) is 0 Å². The standard InChI is InChI=1S/C19H22N4O2S/c24-18-12-23(10-9-21-18)17-6-4-15(5-7-17)11-22-19(25)14-26-13-16-3-1-2-8-20-16/h1-8H,9-14H2,(H,21,24)(H,22,25). The van der Waals surface area contributed by atoms with Crippen LogP contribution < -0.4 is 15.5 Å². The Bertz CT molecular complexity index is 737. The zero-order valence-corrected chi connectivity index (χ0v) is 15.3. The number of piperazine rings is 1. The highest BCUT2D eigenvalue weighted by Crippen LogP contribution is 2.16. The van der Waals surface area contributed by atoms with Crippen LogP contribution in [-0.2, 0) is 21.9 Å². The van der Waals surface area contributed by atoms with Gasteiger partial charge in [0.2, 0.25) is 11.8 Å². The lowest BCUT2D eigenvalue weighted by Crippen LogP contribution is -2.47. The Kier molecular flexibility index (Phi) is 6.49. The molecule has 0 saturated carbocycles. The van der Waals surface area contributed by atoms with E-state index in [0.29, 0.717) is 25.4 Å². The molecule has 7 heteroatoms. The Morgan fingerprint density at radius 1 is 1.23 bits per heavy atom. The largest absolute Gasteiger partial charge is 0.360 e. The molecule has 0 aliphatic carbocycles. The number of anilines is 1. The molecule has 1 aromatic carbocycles. The molecule has 0 unspecified atom stereocenters. The molecule has 0 bridgehead atoms. The van der Waals surface area contributed by atoms with Crippen LogP contribution in [-0.4, -0.2) is 42.2 Å². The van der Waals surface area contributed by atoms with Crippen molar-refractivity contribution in [3.8, 4) is 0 Å². The summed E-state index contributed by atoms with van der Waals surface area (Å²) >= 11 is 1.55. The van der Waals surface area contributed by atoms with E-state index in [-0.39, 0.29) is 11.8 Å². The first kappa shape index (κ1) is 18.3. The number of amides is 2. The average molecular weight is 370 g/mol. The van der Waals surface area contributed by atoms with Crippen LogP contribution in [0.2, 0.25) is 0 Å². The Labute approximate surface area is 157 Å². The van der Waals surface area contributed by atoms with Crippen molar-refractivity contribution >= 4 is 29.3 Å². The highest BCUT2D eigenvalue weighted by Gasteiger charge is 2.16. The monoisotopic (exact) mass is 370 g/mol. The van der Waals surface area contributed by atoms with Crippen molar-refractivity contribution in [3.63, 3.8) is 0 Å². The van der Waals surface area contributed by atoms with Crippen molar-refractivity contribution in [3.05, 3.63) is 59.9 Å². The Balaban J connectivity index is 1.40. The number of carbonyl (C=O) groups excluding carboxylic acids is 2. The average Bonchev–Trinajstić information content (AvgIpc) is 2.68. The van der Waals surface area contributed by atoms with E-state index in [1.54, 1.807) is 18.0 Å². The van der Waals surface area contributed by atoms with Crippen LogP contribution in [0.4, 0.5) is 5.69 Å². The van der Waals surface area contributed by atoms with E-state index >= 15 is 0 Å². The SMILES string of the molecule is O=C(CSCc1ccccn1)NCc1ccc(N2CCNC(=O)C2)cc1. The van der Waals surface area contributed by atoms with Crippen molar-refractivity contribution < 1.29 is 9.59 Å². The minimum atomic E-state index is 0.0164. The molecule has 26 heavy (non-hydrogen) atoms. The first-order valence-corrected chi connectivity index (χ1v) is 9.71. The normalized spacial score (nSPS) is 14.0. The van der Waals surface area contributed by atoms with E-state index in [9.17, 15) is 9.59 Å². The zero-order valence-electron chi connectivity index (χ0n) is 14.5. The first-order chi connectivity index (χ1) is 12.7. The summed E-state index contributed by atoms with van der Waals surface area (Å²) < 4.78 is 0. The maximum absolute atomic E-state index is 12.0. The third kappa shape index (κ3) is 5.49. The summed E-state index contributed by atoms with van der Waals surface area (Å²) in [7, 11) is 0. The third-order valence-electron chi connectivity index (χ3n) is 4.04. The lowest BCUT2D eigenvalue weighted by Gasteiger charge is -2.28. The van der Waals surface area contributed by atoms with Gasteiger partial charge in [0.1, 0.15) is 0 Å². The maximum atomic E-state index is 12.0. The van der Waals surface area contributed by atoms with Gasteiger partial charge in [0, 0.05) is 37.3 Å². The van der Waals surface area contributed by atoms with Gasteiger partial charge in [-0.25, -0.2) is 0 Å². The number of aromatic nitrogens is 1. The molecule has 0 radical (unpaired) electrons. The molecule has 0 spiro atoms. The van der Waals surface area contributed by atoms with E-state index in [2.05, 4.69) is 20.5 Å². The molecule has 2 heterocycles. The summed E-state index contributed by atoms with van der Waals surface area (Å²) in [5, 5.41) is 5.75. The molecule has 1 aliphatic rings. The molecule has 1 fully saturated rings. The van der Waals surface area contributed by atoms with E-state index in [0.717, 1.165) is 29.2 Å². The van der Waals surface area contributed by atoms with Gasteiger partial charge in [0.25, 0.3) is 0 Å². The van der Waals surface area contributed by atoms with Crippen molar-refractivity contribution in [2.75, 3.05) is 30.3 Å². The predicted molar refractivity (Wildman–Crippen MR) is 104 cm³/mol. The topological polar surface area (TPSA) is 74.3 Å². The van der Waals surface area contributed by atoms with Crippen molar-refractivity contribution in [1.82, 2.24) is 15.6 Å². The molecule has 6 nitrogen and oxygen atoms in total. The lowest BCUT2D eigenvalue weighted by molar-refractivity contribution is -0.120. The summed E-state index contributed by atoms with van der Waals surface area (Å²) in [6, 6.07) is 13.8. The molecule has 1 aliphatic heterocycles. The molecule has 2 amide bonds. The zero-order chi connectivity index (χ0) is 18.2. The summed E-state index contributed by atoms with van der Waals surface area (Å²) in [6.07, 6.45) is 1.76. The van der Waals surface area contributed by atoms with Gasteiger partial charge in [-0.2, -0.15) is 0 Å². The smallest absolute Gasteiger partial charge is 0.239 e. The van der Waals surface area contributed by atoms with Crippen LogP contribution in [0.3, 0.4) is 0 Å². The van der Waals surface area contributed by atoms with Gasteiger partial charge in [0.15, 0.2) is 0 Å². The minimum Gasteiger partial charge on any atom is -0.360 e. The van der Waals surface area contributed by atoms with Gasteiger partial charge in [-0.1, -0.05) is 18.2 Å². The maximum Gasteiger partial charge on any atom is 0.239 e. The molecule has 136 valence electrons. The molecule has 0 atom stereocenters. The van der Waals surface area contributed by atoms with Crippen LogP contribution in [0.5, 0.6) is 0 Å². The quantitative estimate of drug-likeness (QED) is 0.774. The molecule has 1 aromatic heterocycles. The summed E-state index contributed by atoms with van der Waals surface area (Å²) in [6.45, 7) is 2.38. The predicted octanol–water partition coefficient (Wildman–Crippen LogP) is 1.57. The summed E-state index contributed by atoms with van der Waals surface area (Å²) in [5.74, 6) is 1.21.